The molecule has 3 aromatic rings. The van der Waals surface area contributed by atoms with Crippen molar-refractivity contribution in [1.29, 1.82) is 0 Å². The van der Waals surface area contributed by atoms with Crippen molar-refractivity contribution >= 4 is 17.5 Å². The van der Waals surface area contributed by atoms with Gasteiger partial charge >= 0.3 is 5.97 Å². The van der Waals surface area contributed by atoms with Crippen LogP contribution in [-0.2, 0) is 0 Å². The summed E-state index contributed by atoms with van der Waals surface area (Å²) >= 11 is 0. The summed E-state index contributed by atoms with van der Waals surface area (Å²) in [5, 5.41) is 13.4. The molecule has 1 heterocycles. The number of carboxylic acids is 1. The minimum Gasteiger partial charge on any atom is -0.478 e. The predicted octanol–water partition coefficient (Wildman–Crippen LogP) is 2.92. The molecule has 0 saturated heterocycles. The summed E-state index contributed by atoms with van der Waals surface area (Å²) in [6.45, 7) is 1.68. The lowest BCUT2D eigenvalue weighted by Gasteiger charge is -2.16. The summed E-state index contributed by atoms with van der Waals surface area (Å²) in [6.07, 6.45) is 0. The number of hydrogen-bond acceptors (Lipinski definition) is 4. The van der Waals surface area contributed by atoms with Gasteiger partial charge in [0.1, 0.15) is 0 Å². The van der Waals surface area contributed by atoms with Crippen molar-refractivity contribution < 1.29 is 19.5 Å². The van der Waals surface area contributed by atoms with Gasteiger partial charge in [-0.3, -0.25) is 9.59 Å². The van der Waals surface area contributed by atoms with E-state index >= 15 is 0 Å². The molecule has 0 bridgehead atoms. The van der Waals surface area contributed by atoms with Crippen LogP contribution in [-0.4, -0.2) is 32.4 Å². The van der Waals surface area contributed by atoms with Crippen molar-refractivity contribution in [1.82, 2.24) is 9.78 Å². The molecule has 0 atom stereocenters. The largest absolute Gasteiger partial charge is 0.478 e. The molecule has 6 heteroatoms. The zero-order valence-corrected chi connectivity index (χ0v) is 13.2. The molecule has 0 saturated carbocycles. The smallest absolute Gasteiger partial charge is 0.335 e. The number of aromatic nitrogens is 2. The van der Waals surface area contributed by atoms with Gasteiger partial charge in [-0.15, -0.1) is 0 Å². The number of benzene rings is 2. The van der Waals surface area contributed by atoms with Crippen molar-refractivity contribution in [3.63, 3.8) is 0 Å². The fourth-order valence-corrected chi connectivity index (χ4v) is 3.10. The Labute approximate surface area is 142 Å². The maximum Gasteiger partial charge on any atom is 0.335 e. The number of carbonyl (C=O) groups excluding carboxylic acids is 2. The Morgan fingerprint density at radius 3 is 2.24 bits per heavy atom. The number of rotatable bonds is 2. The summed E-state index contributed by atoms with van der Waals surface area (Å²) in [5.41, 5.74) is 3.09. The normalized spacial score (nSPS) is 12.7. The second kappa shape index (κ2) is 5.24. The van der Waals surface area contributed by atoms with Gasteiger partial charge in [0.05, 0.1) is 28.2 Å². The van der Waals surface area contributed by atoms with E-state index in [-0.39, 0.29) is 5.56 Å². The van der Waals surface area contributed by atoms with Gasteiger partial charge in [-0.05, 0) is 31.2 Å². The molecule has 0 spiro atoms. The number of ketones is 2. The molecule has 2 aromatic carbocycles. The Kier molecular flexibility index (Phi) is 3.15. The summed E-state index contributed by atoms with van der Waals surface area (Å²) in [5.74, 6) is -2.12. The highest BCUT2D eigenvalue weighted by Crippen LogP contribution is 2.36. The fourth-order valence-electron chi connectivity index (χ4n) is 3.10. The number of fused-ring (bicyclic) bond motifs is 3. The third kappa shape index (κ3) is 2.11. The van der Waals surface area contributed by atoms with Gasteiger partial charge in [0.2, 0.25) is 11.6 Å². The third-order valence-electron chi connectivity index (χ3n) is 4.28. The van der Waals surface area contributed by atoms with E-state index in [4.69, 9.17) is 5.11 Å². The van der Waals surface area contributed by atoms with Crippen molar-refractivity contribution in [2.24, 2.45) is 0 Å². The molecule has 0 aliphatic heterocycles. The topological polar surface area (TPSA) is 89.3 Å². The monoisotopic (exact) mass is 332 g/mol. The average Bonchev–Trinajstić information content (AvgIpc) is 2.97. The SMILES string of the molecule is Cc1nn(-c2ccc(C(=O)O)cc2)c2c1C(=O)C(=O)c1ccccc1-2. The zero-order chi connectivity index (χ0) is 17.7. The van der Waals surface area contributed by atoms with Crippen LogP contribution in [0, 0.1) is 6.92 Å². The summed E-state index contributed by atoms with van der Waals surface area (Å²) in [7, 11) is 0. The minimum absolute atomic E-state index is 0.160. The van der Waals surface area contributed by atoms with Crippen LogP contribution in [0.1, 0.15) is 36.8 Å². The van der Waals surface area contributed by atoms with E-state index in [2.05, 4.69) is 5.10 Å². The van der Waals surface area contributed by atoms with Crippen LogP contribution < -0.4 is 0 Å². The van der Waals surface area contributed by atoms with Crippen molar-refractivity contribution in [3.05, 3.63) is 70.9 Å². The highest BCUT2D eigenvalue weighted by Gasteiger charge is 2.35. The average molecular weight is 332 g/mol. The van der Waals surface area contributed by atoms with Gasteiger partial charge in [-0.1, -0.05) is 24.3 Å². The first-order valence-corrected chi connectivity index (χ1v) is 7.61. The first kappa shape index (κ1) is 15.0. The summed E-state index contributed by atoms with van der Waals surface area (Å²) in [4.78, 5) is 35.9. The molecule has 1 N–H and O–H groups in total. The zero-order valence-electron chi connectivity index (χ0n) is 13.2. The molecule has 6 nitrogen and oxygen atoms in total. The minimum atomic E-state index is -1.02. The van der Waals surface area contributed by atoms with Crippen LogP contribution in [0.15, 0.2) is 48.5 Å². The van der Waals surface area contributed by atoms with Crippen LogP contribution in [0.4, 0.5) is 0 Å². The molecule has 1 aromatic heterocycles. The van der Waals surface area contributed by atoms with E-state index in [9.17, 15) is 14.4 Å². The van der Waals surface area contributed by atoms with E-state index in [1.807, 2.05) is 0 Å². The molecular formula is C19H12N2O4. The second-order valence-electron chi connectivity index (χ2n) is 5.78. The van der Waals surface area contributed by atoms with Gasteiger partial charge < -0.3 is 5.11 Å². The van der Waals surface area contributed by atoms with Crippen LogP contribution in [0.25, 0.3) is 16.9 Å². The van der Waals surface area contributed by atoms with E-state index in [0.717, 1.165) is 0 Å². The number of aromatic carboxylic acids is 1. The first-order chi connectivity index (χ1) is 12.0. The van der Waals surface area contributed by atoms with Gasteiger partial charge in [0.15, 0.2) is 0 Å². The predicted molar refractivity (Wildman–Crippen MR) is 89.4 cm³/mol. The Morgan fingerprint density at radius 2 is 1.60 bits per heavy atom. The van der Waals surface area contributed by atoms with Crippen LogP contribution in [0.5, 0.6) is 0 Å². The molecule has 4 rings (SSSR count). The van der Waals surface area contributed by atoms with E-state index in [1.165, 1.54) is 12.1 Å². The molecule has 1 aliphatic rings. The van der Waals surface area contributed by atoms with Crippen molar-refractivity contribution in [2.75, 3.05) is 0 Å². The highest BCUT2D eigenvalue weighted by molar-refractivity contribution is 6.53. The number of carbonyl (C=O) groups is 3. The third-order valence-corrected chi connectivity index (χ3v) is 4.28. The van der Waals surface area contributed by atoms with Crippen LogP contribution >= 0.6 is 0 Å². The second-order valence-corrected chi connectivity index (χ2v) is 5.78. The summed E-state index contributed by atoms with van der Waals surface area (Å²) < 4.78 is 1.58. The van der Waals surface area contributed by atoms with E-state index < -0.39 is 17.5 Å². The Hall–Kier alpha value is -3.54. The number of carboxylic acid groups (broad SMARTS) is 1. The molecular weight excluding hydrogens is 320 g/mol. The highest BCUT2D eigenvalue weighted by atomic mass is 16.4. The first-order valence-electron chi connectivity index (χ1n) is 7.61. The van der Waals surface area contributed by atoms with E-state index in [1.54, 1.807) is 48.0 Å². The number of aryl methyl sites for hydroxylation is 1. The van der Waals surface area contributed by atoms with Gasteiger partial charge in [0, 0.05) is 11.1 Å². The Bertz CT molecular complexity index is 1060. The molecule has 0 unspecified atom stereocenters. The van der Waals surface area contributed by atoms with Crippen LogP contribution in [0.3, 0.4) is 0 Å². The van der Waals surface area contributed by atoms with E-state index in [0.29, 0.717) is 33.8 Å². The standard InChI is InChI=1S/C19H12N2O4/c1-10-15-16(13-4-2-3-5-14(13)17(22)18(15)23)21(20-10)12-8-6-11(7-9-12)19(24)25/h2-9H,1H3,(H,24,25). The van der Waals surface area contributed by atoms with Gasteiger partial charge in [0.25, 0.3) is 0 Å². The lowest BCUT2D eigenvalue weighted by molar-refractivity contribution is 0.0696. The lowest BCUT2D eigenvalue weighted by atomic mass is 9.87. The van der Waals surface area contributed by atoms with Gasteiger partial charge in [-0.2, -0.15) is 5.10 Å². The quantitative estimate of drug-likeness (QED) is 0.729. The molecule has 0 fully saturated rings. The molecule has 122 valence electrons. The molecule has 25 heavy (non-hydrogen) atoms. The van der Waals surface area contributed by atoms with Crippen LogP contribution in [0.2, 0.25) is 0 Å². The van der Waals surface area contributed by atoms with Gasteiger partial charge in [-0.25, -0.2) is 9.48 Å². The molecule has 0 amide bonds. The Balaban J connectivity index is 1.98. The van der Waals surface area contributed by atoms with Crippen molar-refractivity contribution in [2.45, 2.75) is 6.92 Å². The Morgan fingerprint density at radius 1 is 0.960 bits per heavy atom. The fraction of sp³-hybridized carbons (Fsp3) is 0.0526. The molecule has 1 aliphatic carbocycles. The number of hydrogen-bond donors (Lipinski definition) is 1. The van der Waals surface area contributed by atoms with Crippen molar-refractivity contribution in [3.8, 4) is 16.9 Å². The maximum absolute atomic E-state index is 12.5. The maximum atomic E-state index is 12.5. The number of Topliss-reactive ketones (excluding diaryl/α,β-unsaturated/α-hetero) is 2. The number of nitrogens with zero attached hydrogens (tertiary/aromatic N) is 2. The molecule has 0 radical (unpaired) electrons. The lowest BCUT2D eigenvalue weighted by Crippen LogP contribution is -2.22. The summed E-state index contributed by atoms with van der Waals surface area (Å²) in [6, 6.07) is 13.1.